The maximum atomic E-state index is 10.9. The molecule has 0 saturated heterocycles. The van der Waals surface area contributed by atoms with E-state index in [2.05, 4.69) is 13.8 Å². The minimum Gasteiger partial charge on any atom is -0.481 e. The van der Waals surface area contributed by atoms with Crippen LogP contribution in [0.1, 0.15) is 97.8 Å². The molecular formula is C20H38O6. The molecule has 0 atom stereocenters. The lowest BCUT2D eigenvalue weighted by atomic mass is 10.0. The third kappa shape index (κ3) is 27.3. The predicted octanol–water partition coefficient (Wildman–Crippen LogP) is 5.04. The molecule has 0 aromatic carbocycles. The van der Waals surface area contributed by atoms with Gasteiger partial charge in [0.1, 0.15) is 0 Å². The van der Waals surface area contributed by atoms with E-state index in [9.17, 15) is 14.4 Å². The van der Waals surface area contributed by atoms with Gasteiger partial charge in [-0.3, -0.25) is 14.4 Å². The summed E-state index contributed by atoms with van der Waals surface area (Å²) in [5, 5.41) is 16.7. The normalized spacial score (nSPS) is 10.2. The number of esters is 1. The van der Waals surface area contributed by atoms with Crippen LogP contribution in [0.3, 0.4) is 0 Å². The summed E-state index contributed by atoms with van der Waals surface area (Å²) in [4.78, 5) is 31.2. The fourth-order valence-electron chi connectivity index (χ4n) is 2.31. The first-order chi connectivity index (χ1) is 12.3. The third-order valence-electron chi connectivity index (χ3n) is 3.75. The Morgan fingerprint density at radius 1 is 0.731 bits per heavy atom. The zero-order valence-electron chi connectivity index (χ0n) is 16.8. The highest BCUT2D eigenvalue weighted by Gasteiger charge is 2.01. The van der Waals surface area contributed by atoms with Crippen molar-refractivity contribution in [3.8, 4) is 0 Å². The fraction of sp³-hybridized carbons (Fsp3) is 0.850. The molecule has 6 heteroatoms. The first-order valence-electron chi connectivity index (χ1n) is 9.88. The van der Waals surface area contributed by atoms with Crippen LogP contribution in [0.25, 0.3) is 0 Å². The Morgan fingerprint density at radius 3 is 1.58 bits per heavy atom. The molecule has 0 aromatic heterocycles. The molecule has 0 spiro atoms. The van der Waals surface area contributed by atoms with E-state index in [1.807, 2.05) is 0 Å². The predicted molar refractivity (Wildman–Crippen MR) is 102 cm³/mol. The first-order valence-corrected chi connectivity index (χ1v) is 9.88. The van der Waals surface area contributed by atoms with E-state index < -0.39 is 11.9 Å². The van der Waals surface area contributed by atoms with Crippen LogP contribution in [0.2, 0.25) is 0 Å². The van der Waals surface area contributed by atoms with E-state index in [1.165, 1.54) is 12.8 Å². The number of carbonyl (C=O) groups excluding carboxylic acids is 1. The number of unbranched alkanes of at least 4 members (excludes halogenated alkanes) is 6. The number of hydrogen-bond donors (Lipinski definition) is 2. The van der Waals surface area contributed by atoms with Gasteiger partial charge in [-0.05, 0) is 32.1 Å². The Balaban J connectivity index is 0. The number of ether oxygens (including phenoxy) is 1. The summed E-state index contributed by atoms with van der Waals surface area (Å²) >= 11 is 0. The molecule has 0 bridgehead atoms. The van der Waals surface area contributed by atoms with Gasteiger partial charge in [0, 0.05) is 19.3 Å². The molecule has 0 aliphatic carbocycles. The van der Waals surface area contributed by atoms with Crippen molar-refractivity contribution in [3.05, 3.63) is 0 Å². The van der Waals surface area contributed by atoms with Crippen LogP contribution < -0.4 is 0 Å². The van der Waals surface area contributed by atoms with E-state index in [4.69, 9.17) is 14.9 Å². The molecular weight excluding hydrogens is 336 g/mol. The van der Waals surface area contributed by atoms with Crippen LogP contribution in [0.15, 0.2) is 0 Å². The fourth-order valence-corrected chi connectivity index (χ4v) is 2.31. The van der Waals surface area contributed by atoms with Gasteiger partial charge in [-0.15, -0.1) is 0 Å². The lowest BCUT2D eigenvalue weighted by molar-refractivity contribution is -0.143. The quantitative estimate of drug-likeness (QED) is 0.307. The lowest BCUT2D eigenvalue weighted by Crippen LogP contribution is -2.03. The Bertz CT molecular complexity index is 365. The minimum atomic E-state index is -0.735. The molecule has 0 aliphatic heterocycles. The third-order valence-corrected chi connectivity index (χ3v) is 3.75. The average molecular weight is 375 g/mol. The second kappa shape index (κ2) is 19.7. The van der Waals surface area contributed by atoms with Crippen LogP contribution in [-0.2, 0) is 19.1 Å². The minimum absolute atomic E-state index is 0.136. The van der Waals surface area contributed by atoms with Gasteiger partial charge >= 0.3 is 17.9 Å². The van der Waals surface area contributed by atoms with Crippen molar-refractivity contribution in [2.45, 2.75) is 97.8 Å². The Hall–Kier alpha value is -1.59. The lowest BCUT2D eigenvalue weighted by Gasteiger charge is -2.02. The SMILES string of the molecule is CC(C)CCCCCC(=O)O.CCOC(=O)CCCCCCCC(=O)O. The van der Waals surface area contributed by atoms with Crippen LogP contribution in [0.4, 0.5) is 0 Å². The second-order valence-corrected chi connectivity index (χ2v) is 6.85. The molecule has 6 nitrogen and oxygen atoms in total. The zero-order chi connectivity index (χ0) is 20.2. The molecule has 0 rings (SSSR count). The molecule has 0 aliphatic rings. The van der Waals surface area contributed by atoms with E-state index in [-0.39, 0.29) is 12.4 Å². The Kier molecular flexibility index (Phi) is 20.2. The van der Waals surface area contributed by atoms with Crippen LogP contribution in [0.5, 0.6) is 0 Å². The van der Waals surface area contributed by atoms with Crippen LogP contribution in [-0.4, -0.2) is 34.7 Å². The van der Waals surface area contributed by atoms with Gasteiger partial charge in [0.25, 0.3) is 0 Å². The molecule has 26 heavy (non-hydrogen) atoms. The topological polar surface area (TPSA) is 101 Å². The van der Waals surface area contributed by atoms with Gasteiger partial charge in [-0.2, -0.15) is 0 Å². The summed E-state index contributed by atoms with van der Waals surface area (Å²) in [5.41, 5.74) is 0. The van der Waals surface area contributed by atoms with Crippen molar-refractivity contribution < 1.29 is 29.3 Å². The van der Waals surface area contributed by atoms with Gasteiger partial charge in [0.15, 0.2) is 0 Å². The molecule has 0 unspecified atom stereocenters. The van der Waals surface area contributed by atoms with Gasteiger partial charge in [-0.1, -0.05) is 52.4 Å². The summed E-state index contributed by atoms with van der Waals surface area (Å²) in [6, 6.07) is 0. The maximum absolute atomic E-state index is 10.9. The summed E-state index contributed by atoms with van der Waals surface area (Å²) in [7, 11) is 0. The Labute approximate surface area is 158 Å². The highest BCUT2D eigenvalue weighted by molar-refractivity contribution is 5.69. The smallest absolute Gasteiger partial charge is 0.305 e. The summed E-state index contributed by atoms with van der Waals surface area (Å²) in [5.74, 6) is -0.793. The summed E-state index contributed by atoms with van der Waals surface area (Å²) in [6.45, 7) is 6.62. The van der Waals surface area contributed by atoms with E-state index in [1.54, 1.807) is 6.92 Å². The molecule has 2 N–H and O–H groups in total. The van der Waals surface area contributed by atoms with E-state index in [0.29, 0.717) is 19.4 Å². The summed E-state index contributed by atoms with van der Waals surface area (Å²) in [6.07, 6.45) is 9.81. The molecule has 0 aromatic rings. The number of carboxylic acid groups (broad SMARTS) is 2. The van der Waals surface area contributed by atoms with Crippen molar-refractivity contribution in [3.63, 3.8) is 0 Å². The number of rotatable bonds is 15. The molecule has 154 valence electrons. The van der Waals surface area contributed by atoms with Gasteiger partial charge in [-0.25, -0.2) is 0 Å². The molecule has 0 fully saturated rings. The monoisotopic (exact) mass is 374 g/mol. The van der Waals surface area contributed by atoms with Crippen molar-refractivity contribution in [1.29, 1.82) is 0 Å². The number of carboxylic acids is 2. The highest BCUT2D eigenvalue weighted by Crippen LogP contribution is 2.09. The highest BCUT2D eigenvalue weighted by atomic mass is 16.5. The van der Waals surface area contributed by atoms with Gasteiger partial charge in [0.2, 0.25) is 0 Å². The van der Waals surface area contributed by atoms with Gasteiger partial charge < -0.3 is 14.9 Å². The van der Waals surface area contributed by atoms with E-state index >= 15 is 0 Å². The Morgan fingerprint density at radius 2 is 1.15 bits per heavy atom. The van der Waals surface area contributed by atoms with Crippen molar-refractivity contribution in [1.82, 2.24) is 0 Å². The van der Waals surface area contributed by atoms with Crippen LogP contribution in [0, 0.1) is 5.92 Å². The maximum Gasteiger partial charge on any atom is 0.305 e. The number of aliphatic carboxylic acids is 2. The van der Waals surface area contributed by atoms with Crippen molar-refractivity contribution in [2.75, 3.05) is 6.61 Å². The largest absolute Gasteiger partial charge is 0.481 e. The van der Waals surface area contributed by atoms with E-state index in [0.717, 1.165) is 50.9 Å². The molecule has 0 amide bonds. The van der Waals surface area contributed by atoms with Gasteiger partial charge in [0.05, 0.1) is 6.61 Å². The average Bonchev–Trinajstić information content (AvgIpc) is 2.53. The first kappa shape index (κ1) is 26.6. The molecule has 0 heterocycles. The second-order valence-electron chi connectivity index (χ2n) is 6.85. The van der Waals surface area contributed by atoms with Crippen molar-refractivity contribution in [2.24, 2.45) is 5.92 Å². The zero-order valence-corrected chi connectivity index (χ0v) is 16.8. The van der Waals surface area contributed by atoms with Crippen molar-refractivity contribution >= 4 is 17.9 Å². The standard InChI is InChI=1S/C11H20O4.C9H18O2/c1-2-15-11(14)9-7-5-3-4-6-8-10(12)13;1-8(2)6-4-3-5-7-9(10)11/h2-9H2,1H3,(H,12,13);8H,3-7H2,1-2H3,(H,10,11). The van der Waals surface area contributed by atoms with Crippen LogP contribution >= 0.6 is 0 Å². The molecule has 0 saturated carbocycles. The number of hydrogen-bond acceptors (Lipinski definition) is 4. The number of carbonyl (C=O) groups is 3. The molecule has 0 radical (unpaired) electrons. The summed E-state index contributed by atoms with van der Waals surface area (Å²) < 4.78 is 4.78.